The molecule has 1 aliphatic rings. The molecule has 26 heavy (non-hydrogen) atoms. The SMILES string of the molecule is Cc1c2c(nc3ccccc13)-c1ccccc1OC2c1ccccc1.Cl. The van der Waals surface area contributed by atoms with Crippen molar-refractivity contribution in [3.05, 3.63) is 95.6 Å². The molecule has 0 radical (unpaired) electrons. The fourth-order valence-corrected chi connectivity index (χ4v) is 3.73. The number of pyridine rings is 1. The third-order valence-electron chi connectivity index (χ3n) is 4.95. The molecule has 2 nitrogen and oxygen atoms in total. The summed E-state index contributed by atoms with van der Waals surface area (Å²) in [6.07, 6.45) is -0.136. The Morgan fingerprint density at radius 3 is 2.35 bits per heavy atom. The maximum absolute atomic E-state index is 6.43. The van der Waals surface area contributed by atoms with E-state index in [1.807, 2.05) is 30.3 Å². The number of para-hydroxylation sites is 2. The fraction of sp³-hybridized carbons (Fsp3) is 0.0870. The average molecular weight is 360 g/mol. The number of ether oxygens (including phenoxy) is 1. The van der Waals surface area contributed by atoms with Gasteiger partial charge in [0, 0.05) is 16.5 Å². The topological polar surface area (TPSA) is 22.1 Å². The first-order chi connectivity index (χ1) is 12.3. The van der Waals surface area contributed by atoms with Crippen molar-refractivity contribution >= 4 is 23.3 Å². The first-order valence-corrected chi connectivity index (χ1v) is 8.53. The molecule has 128 valence electrons. The van der Waals surface area contributed by atoms with Gasteiger partial charge in [-0.2, -0.15) is 0 Å². The van der Waals surface area contributed by atoms with Gasteiger partial charge in [-0.3, -0.25) is 0 Å². The highest BCUT2D eigenvalue weighted by Gasteiger charge is 2.30. The van der Waals surface area contributed by atoms with Crippen LogP contribution in [0.1, 0.15) is 22.8 Å². The van der Waals surface area contributed by atoms with E-state index in [0.29, 0.717) is 0 Å². The Balaban J connectivity index is 0.00000168. The third kappa shape index (κ3) is 2.46. The van der Waals surface area contributed by atoms with Crippen molar-refractivity contribution in [3.63, 3.8) is 0 Å². The number of aromatic nitrogens is 1. The monoisotopic (exact) mass is 359 g/mol. The molecular weight excluding hydrogens is 342 g/mol. The molecule has 1 aromatic heterocycles. The molecule has 0 fully saturated rings. The van der Waals surface area contributed by atoms with Crippen LogP contribution in [0, 0.1) is 6.92 Å². The van der Waals surface area contributed by atoms with Crippen molar-refractivity contribution in [2.24, 2.45) is 0 Å². The Hall–Kier alpha value is -2.84. The van der Waals surface area contributed by atoms with Crippen LogP contribution >= 0.6 is 12.4 Å². The molecule has 1 atom stereocenters. The molecule has 0 bridgehead atoms. The minimum atomic E-state index is -0.136. The summed E-state index contributed by atoms with van der Waals surface area (Å²) in [7, 11) is 0. The van der Waals surface area contributed by atoms with Gasteiger partial charge < -0.3 is 4.74 Å². The molecule has 0 N–H and O–H groups in total. The van der Waals surface area contributed by atoms with Gasteiger partial charge in [0.05, 0.1) is 11.2 Å². The Bertz CT molecular complexity index is 1090. The van der Waals surface area contributed by atoms with Crippen molar-refractivity contribution in [3.8, 4) is 17.0 Å². The number of nitrogens with zero attached hydrogens (tertiary/aromatic N) is 1. The summed E-state index contributed by atoms with van der Waals surface area (Å²) in [4.78, 5) is 5.01. The zero-order valence-electron chi connectivity index (χ0n) is 14.3. The van der Waals surface area contributed by atoms with Gasteiger partial charge in [-0.15, -0.1) is 12.4 Å². The zero-order valence-corrected chi connectivity index (χ0v) is 15.2. The lowest BCUT2D eigenvalue weighted by molar-refractivity contribution is 0.242. The molecule has 4 aromatic rings. The van der Waals surface area contributed by atoms with Crippen molar-refractivity contribution < 1.29 is 4.74 Å². The Labute approximate surface area is 158 Å². The van der Waals surface area contributed by atoms with Gasteiger partial charge in [0.25, 0.3) is 0 Å². The van der Waals surface area contributed by atoms with E-state index >= 15 is 0 Å². The van der Waals surface area contributed by atoms with E-state index in [0.717, 1.165) is 28.1 Å². The van der Waals surface area contributed by atoms with Crippen LogP contribution in [0.5, 0.6) is 5.75 Å². The highest BCUT2D eigenvalue weighted by molar-refractivity contribution is 5.89. The maximum Gasteiger partial charge on any atom is 0.151 e. The summed E-state index contributed by atoms with van der Waals surface area (Å²) in [5.41, 5.74) is 6.69. The van der Waals surface area contributed by atoms with Crippen LogP contribution in [0.2, 0.25) is 0 Å². The van der Waals surface area contributed by atoms with E-state index in [9.17, 15) is 0 Å². The van der Waals surface area contributed by atoms with Gasteiger partial charge in [0.2, 0.25) is 0 Å². The average Bonchev–Trinajstić information content (AvgIpc) is 2.68. The number of rotatable bonds is 1. The smallest absolute Gasteiger partial charge is 0.151 e. The number of benzene rings is 3. The van der Waals surface area contributed by atoms with E-state index < -0.39 is 0 Å². The standard InChI is InChI=1S/C23H17NO.ClH/c1-15-17-11-5-7-13-19(17)24-22-18-12-6-8-14-20(18)25-23(21(15)22)16-9-3-2-4-10-16;/h2-14,23H,1H3;1H. The van der Waals surface area contributed by atoms with Crippen LogP contribution in [0.4, 0.5) is 0 Å². The van der Waals surface area contributed by atoms with Crippen molar-refractivity contribution in [1.29, 1.82) is 0 Å². The second-order valence-electron chi connectivity index (χ2n) is 6.42. The first-order valence-electron chi connectivity index (χ1n) is 8.53. The summed E-state index contributed by atoms with van der Waals surface area (Å²) in [5.74, 6) is 0.894. The summed E-state index contributed by atoms with van der Waals surface area (Å²) in [6.45, 7) is 2.18. The predicted molar refractivity (Wildman–Crippen MR) is 108 cm³/mol. The second kappa shape index (κ2) is 6.47. The van der Waals surface area contributed by atoms with Gasteiger partial charge in [-0.1, -0.05) is 60.7 Å². The number of fused-ring (bicyclic) bond motifs is 4. The molecule has 3 aromatic carbocycles. The molecular formula is C23H18ClNO. The van der Waals surface area contributed by atoms with E-state index in [1.54, 1.807) is 0 Å². The normalized spacial score (nSPS) is 14.7. The summed E-state index contributed by atoms with van der Waals surface area (Å²) < 4.78 is 6.43. The summed E-state index contributed by atoms with van der Waals surface area (Å²) in [5, 5.41) is 1.19. The molecule has 0 saturated heterocycles. The first kappa shape index (κ1) is 16.6. The molecule has 0 aliphatic carbocycles. The third-order valence-corrected chi connectivity index (χ3v) is 4.95. The predicted octanol–water partition coefficient (Wildman–Crippen LogP) is 6.11. The van der Waals surface area contributed by atoms with Gasteiger partial charge in [0.15, 0.2) is 6.10 Å². The van der Waals surface area contributed by atoms with Crippen LogP contribution in [-0.4, -0.2) is 4.98 Å². The number of halogens is 1. The molecule has 1 unspecified atom stereocenters. The van der Waals surface area contributed by atoms with Gasteiger partial charge in [0.1, 0.15) is 5.75 Å². The molecule has 0 saturated carbocycles. The Morgan fingerprint density at radius 1 is 0.808 bits per heavy atom. The maximum atomic E-state index is 6.43. The van der Waals surface area contributed by atoms with Crippen molar-refractivity contribution in [2.75, 3.05) is 0 Å². The molecule has 5 rings (SSSR count). The largest absolute Gasteiger partial charge is 0.480 e. The minimum absolute atomic E-state index is 0. The highest BCUT2D eigenvalue weighted by atomic mass is 35.5. The van der Waals surface area contributed by atoms with Crippen molar-refractivity contribution in [2.45, 2.75) is 13.0 Å². The Kier molecular flexibility index (Phi) is 4.14. The lowest BCUT2D eigenvalue weighted by Crippen LogP contribution is -2.18. The zero-order chi connectivity index (χ0) is 16.8. The lowest BCUT2D eigenvalue weighted by Gasteiger charge is -2.30. The van der Waals surface area contributed by atoms with E-state index in [4.69, 9.17) is 9.72 Å². The number of hydrogen-bond acceptors (Lipinski definition) is 2. The fourth-order valence-electron chi connectivity index (χ4n) is 3.73. The van der Waals surface area contributed by atoms with Gasteiger partial charge in [-0.25, -0.2) is 4.98 Å². The van der Waals surface area contributed by atoms with E-state index in [1.165, 1.54) is 16.5 Å². The Morgan fingerprint density at radius 2 is 1.50 bits per heavy atom. The molecule has 1 aliphatic heterocycles. The minimum Gasteiger partial charge on any atom is -0.480 e. The van der Waals surface area contributed by atoms with Gasteiger partial charge >= 0.3 is 0 Å². The van der Waals surface area contributed by atoms with E-state index in [-0.39, 0.29) is 18.5 Å². The highest BCUT2D eigenvalue weighted by Crippen LogP contribution is 2.46. The quantitative estimate of drug-likeness (QED) is 0.409. The van der Waals surface area contributed by atoms with Crippen LogP contribution in [0.3, 0.4) is 0 Å². The van der Waals surface area contributed by atoms with Crippen molar-refractivity contribution in [1.82, 2.24) is 4.98 Å². The van der Waals surface area contributed by atoms with Gasteiger partial charge in [-0.05, 0) is 36.2 Å². The van der Waals surface area contributed by atoms with Crippen LogP contribution in [-0.2, 0) is 0 Å². The molecule has 3 heteroatoms. The van der Waals surface area contributed by atoms with E-state index in [2.05, 4.69) is 55.5 Å². The molecule has 0 amide bonds. The van der Waals surface area contributed by atoms with Crippen LogP contribution < -0.4 is 4.74 Å². The number of aryl methyl sites for hydroxylation is 1. The van der Waals surface area contributed by atoms with Crippen LogP contribution in [0.25, 0.3) is 22.2 Å². The molecule has 0 spiro atoms. The summed E-state index contributed by atoms with van der Waals surface area (Å²) >= 11 is 0. The molecule has 2 heterocycles. The second-order valence-corrected chi connectivity index (χ2v) is 6.42. The summed E-state index contributed by atoms with van der Waals surface area (Å²) in [6, 6.07) is 26.9. The van der Waals surface area contributed by atoms with Crippen LogP contribution in [0.15, 0.2) is 78.9 Å². The number of hydrogen-bond donors (Lipinski definition) is 0. The lowest BCUT2D eigenvalue weighted by atomic mass is 9.88.